The van der Waals surface area contributed by atoms with Gasteiger partial charge in [-0.15, -0.1) is 4.37 Å². The lowest BCUT2D eigenvalue weighted by Gasteiger charge is -1.60. The van der Waals surface area contributed by atoms with Crippen LogP contribution in [0.4, 0.5) is 0 Å². The van der Waals surface area contributed by atoms with Gasteiger partial charge in [0.15, 0.2) is 6.07 Å². The Morgan fingerprint density at radius 2 is 2.44 bits per heavy atom. The van der Waals surface area contributed by atoms with Crippen LogP contribution in [0.2, 0.25) is 5.15 Å². The summed E-state index contributed by atoms with van der Waals surface area (Å²) in [6.07, 6.45) is 0. The van der Waals surface area contributed by atoms with E-state index < -0.39 is 0 Å². The molecule has 0 spiro atoms. The second kappa shape index (κ2) is 3.96. The standard InChI is InChI=1S/C3ClN2S2.ClH/c4-3-2(1-5)7-8-6-3;/h;1H/q+1;/p-1. The Labute approximate surface area is 70.7 Å². The first-order valence-corrected chi connectivity index (χ1v) is 4.17. The molecule has 0 saturated carbocycles. The van der Waals surface area contributed by atoms with Crippen molar-refractivity contribution in [2.45, 2.75) is 0 Å². The molecule has 0 aromatic carbocycles. The van der Waals surface area contributed by atoms with Gasteiger partial charge < -0.3 is 12.4 Å². The molecule has 0 N–H and O–H groups in total. The van der Waals surface area contributed by atoms with Crippen molar-refractivity contribution < 1.29 is 12.4 Å². The third-order valence-corrected chi connectivity index (χ3v) is 2.74. The van der Waals surface area contributed by atoms with E-state index in [0.717, 1.165) is 0 Å². The second-order valence-corrected chi connectivity index (χ2v) is 3.19. The van der Waals surface area contributed by atoms with Crippen LogP contribution >= 0.6 is 32.5 Å². The quantitative estimate of drug-likeness (QED) is 0.397. The van der Waals surface area contributed by atoms with Gasteiger partial charge in [-0.2, -0.15) is 5.26 Å². The molecule has 1 aromatic rings. The number of hydrogen-bond acceptors (Lipinski definition) is 3. The van der Waals surface area contributed by atoms with Crippen LogP contribution in [0.15, 0.2) is 0 Å². The van der Waals surface area contributed by atoms with E-state index in [1.807, 2.05) is 6.07 Å². The molecule has 0 amide bonds. The normalized spacial score (nSPS) is 7.56. The van der Waals surface area contributed by atoms with Crippen LogP contribution in [0.1, 0.15) is 4.88 Å². The van der Waals surface area contributed by atoms with Crippen LogP contribution in [0.3, 0.4) is 0 Å². The first-order chi connectivity index (χ1) is 3.84. The molecular weight excluding hydrogens is 199 g/mol. The predicted octanol–water partition coefficient (Wildman–Crippen LogP) is -0.985. The van der Waals surface area contributed by atoms with E-state index in [1.54, 1.807) is 0 Å². The zero-order valence-corrected chi connectivity index (χ0v) is 7.11. The van der Waals surface area contributed by atoms with Crippen molar-refractivity contribution in [2.75, 3.05) is 0 Å². The molecular formula is C3Cl2N2S2. The molecule has 1 aromatic heterocycles. The zero-order chi connectivity index (χ0) is 5.98. The highest BCUT2D eigenvalue weighted by molar-refractivity contribution is 7.67. The number of nitrogens with zero attached hydrogens (tertiary/aromatic N) is 2. The van der Waals surface area contributed by atoms with Gasteiger partial charge in [-0.3, -0.25) is 0 Å². The Hall–Kier alpha value is 0.0500. The largest absolute Gasteiger partial charge is 1.00 e. The minimum atomic E-state index is 0. The van der Waals surface area contributed by atoms with E-state index in [9.17, 15) is 0 Å². The maximum atomic E-state index is 8.25. The summed E-state index contributed by atoms with van der Waals surface area (Å²) < 4.78 is 3.69. The summed E-state index contributed by atoms with van der Waals surface area (Å²) in [5.41, 5.74) is 0. The lowest BCUT2D eigenvalue weighted by Crippen LogP contribution is -3.00. The highest BCUT2D eigenvalue weighted by atomic mass is 35.5. The average molecular weight is 199 g/mol. The summed E-state index contributed by atoms with van der Waals surface area (Å²) in [5.74, 6) is 0. The van der Waals surface area contributed by atoms with Crippen LogP contribution in [-0.4, -0.2) is 4.37 Å². The molecule has 0 fully saturated rings. The van der Waals surface area contributed by atoms with Gasteiger partial charge in [-0.05, 0) is 0 Å². The first-order valence-electron chi connectivity index (χ1n) is 1.69. The van der Waals surface area contributed by atoms with Crippen molar-refractivity contribution >= 4 is 32.5 Å². The van der Waals surface area contributed by atoms with Gasteiger partial charge >= 0.3 is 15.2 Å². The van der Waals surface area contributed by atoms with Crippen molar-refractivity contribution in [3.8, 4) is 6.07 Å². The van der Waals surface area contributed by atoms with E-state index in [2.05, 4.69) is 4.37 Å². The van der Waals surface area contributed by atoms with E-state index in [1.165, 1.54) is 20.9 Å². The van der Waals surface area contributed by atoms with E-state index in [0.29, 0.717) is 10.0 Å². The summed E-state index contributed by atoms with van der Waals surface area (Å²) in [7, 11) is 2.52. The summed E-state index contributed by atoms with van der Waals surface area (Å²) in [5, 5.41) is 8.57. The van der Waals surface area contributed by atoms with Crippen molar-refractivity contribution in [3.05, 3.63) is 10.0 Å². The third-order valence-electron chi connectivity index (χ3n) is 0.527. The molecule has 0 unspecified atom stereocenters. The van der Waals surface area contributed by atoms with Crippen molar-refractivity contribution in [3.63, 3.8) is 0 Å². The second-order valence-electron chi connectivity index (χ2n) is 0.981. The lowest BCUT2D eigenvalue weighted by molar-refractivity contribution is -0.00000170. The van der Waals surface area contributed by atoms with E-state index in [4.69, 9.17) is 16.9 Å². The topological polar surface area (TPSA) is 36.7 Å². The molecule has 2 nitrogen and oxygen atoms in total. The molecule has 0 bridgehead atoms. The number of aromatic nitrogens is 1. The van der Waals surface area contributed by atoms with Gasteiger partial charge in [0.1, 0.15) is 0 Å². The minimum absolute atomic E-state index is 0. The van der Waals surface area contributed by atoms with Crippen molar-refractivity contribution in [1.82, 2.24) is 4.37 Å². The Balaban J connectivity index is 0.000000640. The summed E-state index contributed by atoms with van der Waals surface area (Å²) in [4.78, 5) is 0.497. The summed E-state index contributed by atoms with van der Waals surface area (Å²) in [6.45, 7) is 0. The fourth-order valence-corrected chi connectivity index (χ4v) is 2.14. The molecule has 0 aliphatic carbocycles. The number of nitriles is 1. The number of hydrogen-bond donors (Lipinski definition) is 0. The zero-order valence-electron chi connectivity index (χ0n) is 3.97. The van der Waals surface area contributed by atoms with Crippen molar-refractivity contribution in [1.29, 1.82) is 5.26 Å². The van der Waals surface area contributed by atoms with Gasteiger partial charge in [0.25, 0.3) is 10.5 Å². The van der Waals surface area contributed by atoms with Gasteiger partial charge in [0.2, 0.25) is 5.15 Å². The Morgan fingerprint density at radius 3 is 2.67 bits per heavy atom. The summed E-state index contributed by atoms with van der Waals surface area (Å²) in [6, 6.07) is 1.91. The van der Waals surface area contributed by atoms with Gasteiger partial charge in [-0.25, -0.2) is 0 Å². The van der Waals surface area contributed by atoms with E-state index in [-0.39, 0.29) is 12.4 Å². The molecule has 0 atom stereocenters. The van der Waals surface area contributed by atoms with Crippen LogP contribution in [-0.2, 0) is 0 Å². The maximum Gasteiger partial charge on any atom is 0.362 e. The third kappa shape index (κ3) is 2.03. The smallest absolute Gasteiger partial charge is 0.362 e. The minimum Gasteiger partial charge on any atom is -1.00 e. The van der Waals surface area contributed by atoms with Crippen LogP contribution in [0.25, 0.3) is 0 Å². The van der Waals surface area contributed by atoms with Crippen LogP contribution in [0.5, 0.6) is 0 Å². The lowest BCUT2D eigenvalue weighted by atomic mass is 10.6. The maximum absolute atomic E-state index is 8.25. The monoisotopic (exact) mass is 198 g/mol. The summed E-state index contributed by atoms with van der Waals surface area (Å²) >= 11 is 5.43. The molecule has 6 heteroatoms. The molecule has 0 aliphatic heterocycles. The molecule has 1 rings (SSSR count). The Bertz CT molecular complexity index is 228. The fourth-order valence-electron chi connectivity index (χ4n) is 0.229. The Morgan fingerprint density at radius 1 is 1.78 bits per heavy atom. The van der Waals surface area contributed by atoms with Gasteiger partial charge in [0.05, 0.1) is 0 Å². The molecule has 0 radical (unpaired) electrons. The molecule has 9 heavy (non-hydrogen) atoms. The average Bonchev–Trinajstić information content (AvgIpc) is 2.14. The molecule has 48 valence electrons. The van der Waals surface area contributed by atoms with Crippen LogP contribution in [0, 0.1) is 11.3 Å². The number of rotatable bonds is 0. The highest BCUT2D eigenvalue weighted by Gasteiger charge is 2.15. The number of halogens is 2. The van der Waals surface area contributed by atoms with Gasteiger partial charge in [0, 0.05) is 0 Å². The van der Waals surface area contributed by atoms with Crippen LogP contribution < -0.4 is 12.4 Å². The Kier molecular flexibility index (Phi) is 3.98. The SMILES string of the molecule is N#Cc1[s+]snc1Cl.[Cl-]. The fraction of sp³-hybridized carbons (Fsp3) is 0. The van der Waals surface area contributed by atoms with Gasteiger partial charge in [-0.1, -0.05) is 11.6 Å². The molecule has 0 saturated heterocycles. The predicted molar refractivity (Wildman–Crippen MR) is 34.1 cm³/mol. The van der Waals surface area contributed by atoms with Crippen molar-refractivity contribution in [2.24, 2.45) is 0 Å². The first kappa shape index (κ1) is 9.05. The van der Waals surface area contributed by atoms with E-state index >= 15 is 0 Å². The molecule has 0 aliphatic rings. The molecule has 1 heterocycles. The highest BCUT2D eigenvalue weighted by Crippen LogP contribution is 2.20.